The summed E-state index contributed by atoms with van der Waals surface area (Å²) in [6, 6.07) is 11.8. The molecule has 0 saturated heterocycles. The van der Waals surface area contributed by atoms with E-state index in [4.69, 9.17) is 15.2 Å². The van der Waals surface area contributed by atoms with Gasteiger partial charge in [-0.25, -0.2) is 0 Å². The molecule has 1 aliphatic rings. The lowest BCUT2D eigenvalue weighted by Crippen LogP contribution is -2.20. The Morgan fingerprint density at radius 2 is 2.28 bits per heavy atom. The Bertz CT molecular complexity index is 999. The summed E-state index contributed by atoms with van der Waals surface area (Å²) < 4.78 is 10.9. The van der Waals surface area contributed by atoms with Crippen molar-refractivity contribution in [2.45, 2.75) is 5.92 Å². The van der Waals surface area contributed by atoms with Crippen LogP contribution in [0.2, 0.25) is 0 Å². The number of aromatic amines is 1. The van der Waals surface area contributed by atoms with Crippen LogP contribution >= 0.6 is 11.3 Å². The van der Waals surface area contributed by atoms with Gasteiger partial charge in [-0.05, 0) is 34.5 Å². The van der Waals surface area contributed by atoms with Crippen molar-refractivity contribution in [3.05, 3.63) is 63.7 Å². The molecule has 6 nitrogen and oxygen atoms in total. The number of thiophene rings is 1. The number of hydrogen-bond donors (Lipinski definition) is 2. The molecule has 0 bridgehead atoms. The SMILES string of the molecule is COc1cccc(-c2[nH]nc3c2[C@H](c2ccsc2)C(C#N)=C(N)O3)c1. The molecule has 0 spiro atoms. The molecule has 3 aromatic rings. The molecule has 1 aliphatic heterocycles. The molecule has 0 radical (unpaired) electrons. The van der Waals surface area contributed by atoms with Crippen molar-refractivity contribution in [2.75, 3.05) is 7.11 Å². The Morgan fingerprint density at radius 1 is 1.40 bits per heavy atom. The molecule has 0 aliphatic carbocycles. The zero-order valence-corrected chi connectivity index (χ0v) is 14.1. The Kier molecular flexibility index (Phi) is 3.67. The van der Waals surface area contributed by atoms with Crippen LogP contribution < -0.4 is 15.2 Å². The van der Waals surface area contributed by atoms with E-state index < -0.39 is 0 Å². The van der Waals surface area contributed by atoms with E-state index in [0.29, 0.717) is 11.5 Å². The van der Waals surface area contributed by atoms with Gasteiger partial charge in [-0.15, -0.1) is 5.10 Å². The molecule has 0 amide bonds. The summed E-state index contributed by atoms with van der Waals surface area (Å²) in [5, 5.41) is 20.9. The van der Waals surface area contributed by atoms with Gasteiger partial charge in [0.2, 0.25) is 11.8 Å². The van der Waals surface area contributed by atoms with Gasteiger partial charge in [-0.2, -0.15) is 16.6 Å². The summed E-state index contributed by atoms with van der Waals surface area (Å²) in [7, 11) is 1.62. The maximum Gasteiger partial charge on any atom is 0.244 e. The summed E-state index contributed by atoms with van der Waals surface area (Å²) in [5.74, 6) is 0.903. The molecule has 0 fully saturated rings. The van der Waals surface area contributed by atoms with Gasteiger partial charge in [0.1, 0.15) is 17.4 Å². The average Bonchev–Trinajstić information content (AvgIpc) is 3.30. The van der Waals surface area contributed by atoms with Gasteiger partial charge in [0.15, 0.2) is 0 Å². The summed E-state index contributed by atoms with van der Waals surface area (Å²) in [6.07, 6.45) is 0. The largest absolute Gasteiger partial charge is 0.497 e. The number of hydrogen-bond acceptors (Lipinski definition) is 6. The lowest BCUT2D eigenvalue weighted by atomic mass is 9.84. The van der Waals surface area contributed by atoms with Crippen LogP contribution in [-0.2, 0) is 0 Å². The monoisotopic (exact) mass is 350 g/mol. The Morgan fingerprint density at radius 3 is 3.00 bits per heavy atom. The molecule has 0 unspecified atom stereocenters. The highest BCUT2D eigenvalue weighted by molar-refractivity contribution is 7.08. The normalized spacial score (nSPS) is 16.1. The minimum Gasteiger partial charge on any atom is -0.497 e. The van der Waals surface area contributed by atoms with E-state index in [1.807, 2.05) is 41.1 Å². The van der Waals surface area contributed by atoms with Gasteiger partial charge in [0, 0.05) is 5.56 Å². The Balaban J connectivity index is 1.93. The number of rotatable bonds is 3. The lowest BCUT2D eigenvalue weighted by molar-refractivity contribution is 0.379. The number of methoxy groups -OCH3 is 1. The molecule has 1 atom stereocenters. The van der Waals surface area contributed by atoms with Crippen molar-refractivity contribution >= 4 is 11.3 Å². The molecular formula is C18H14N4O2S. The van der Waals surface area contributed by atoms with Crippen LogP contribution in [-0.4, -0.2) is 17.3 Å². The smallest absolute Gasteiger partial charge is 0.244 e. The molecule has 3 heterocycles. The molecule has 124 valence electrons. The Hall–Kier alpha value is -3.24. The van der Waals surface area contributed by atoms with Crippen LogP contribution in [0, 0.1) is 11.3 Å². The predicted molar refractivity (Wildman–Crippen MR) is 94.2 cm³/mol. The first-order valence-electron chi connectivity index (χ1n) is 7.55. The third-order valence-electron chi connectivity index (χ3n) is 4.17. The van der Waals surface area contributed by atoms with Crippen molar-refractivity contribution in [1.82, 2.24) is 10.2 Å². The number of ether oxygens (including phenoxy) is 2. The number of allylic oxidation sites excluding steroid dienone is 1. The van der Waals surface area contributed by atoms with Gasteiger partial charge in [-0.1, -0.05) is 12.1 Å². The van der Waals surface area contributed by atoms with Crippen LogP contribution in [0.5, 0.6) is 11.6 Å². The summed E-state index contributed by atoms with van der Waals surface area (Å²) in [6.45, 7) is 0. The second-order valence-corrected chi connectivity index (χ2v) is 6.31. The Labute approximate surface area is 148 Å². The van der Waals surface area contributed by atoms with E-state index >= 15 is 0 Å². The van der Waals surface area contributed by atoms with Crippen molar-refractivity contribution in [3.63, 3.8) is 0 Å². The molecule has 3 N–H and O–H groups in total. The van der Waals surface area contributed by atoms with Crippen molar-refractivity contribution < 1.29 is 9.47 Å². The molecule has 7 heteroatoms. The van der Waals surface area contributed by atoms with Crippen LogP contribution in [0.4, 0.5) is 0 Å². The van der Waals surface area contributed by atoms with E-state index in [0.717, 1.165) is 28.1 Å². The van der Waals surface area contributed by atoms with Crippen molar-refractivity contribution in [3.8, 4) is 29.0 Å². The number of nitrogens with two attached hydrogens (primary N) is 1. The fraction of sp³-hybridized carbons (Fsp3) is 0.111. The van der Waals surface area contributed by atoms with Gasteiger partial charge in [0.05, 0.1) is 24.3 Å². The van der Waals surface area contributed by atoms with Crippen LogP contribution in [0.3, 0.4) is 0 Å². The molecule has 4 rings (SSSR count). The van der Waals surface area contributed by atoms with Gasteiger partial charge in [0.25, 0.3) is 0 Å². The first-order chi connectivity index (χ1) is 12.2. The molecule has 2 aromatic heterocycles. The molecule has 25 heavy (non-hydrogen) atoms. The lowest BCUT2D eigenvalue weighted by Gasteiger charge is -2.23. The third kappa shape index (κ3) is 2.44. The van der Waals surface area contributed by atoms with Gasteiger partial charge < -0.3 is 15.2 Å². The van der Waals surface area contributed by atoms with Crippen LogP contribution in [0.25, 0.3) is 11.3 Å². The number of benzene rings is 1. The van der Waals surface area contributed by atoms with Crippen molar-refractivity contribution in [2.24, 2.45) is 5.73 Å². The second-order valence-electron chi connectivity index (χ2n) is 5.53. The zero-order chi connectivity index (χ0) is 17.4. The van der Waals surface area contributed by atoms with Gasteiger partial charge in [-0.3, -0.25) is 5.10 Å². The standard InChI is InChI=1S/C18H14N4O2S/c1-23-12-4-2-3-10(7-12)16-15-14(11-5-6-25-9-11)13(8-19)17(20)24-18(15)22-21-16/h2-7,9,14H,20H2,1H3,(H,21,22)/t14-/m1/s1. The van der Waals surface area contributed by atoms with Crippen molar-refractivity contribution in [1.29, 1.82) is 5.26 Å². The number of H-pyrrole nitrogens is 1. The quantitative estimate of drug-likeness (QED) is 0.755. The first kappa shape index (κ1) is 15.3. The predicted octanol–water partition coefficient (Wildman–Crippen LogP) is 3.36. The highest BCUT2D eigenvalue weighted by Crippen LogP contribution is 2.46. The molecule has 0 saturated carbocycles. The maximum atomic E-state index is 9.62. The average molecular weight is 350 g/mol. The van der Waals surface area contributed by atoms with Crippen LogP contribution in [0.1, 0.15) is 17.0 Å². The fourth-order valence-corrected chi connectivity index (χ4v) is 3.70. The topological polar surface area (TPSA) is 97.0 Å². The molecule has 1 aromatic carbocycles. The molecular weight excluding hydrogens is 336 g/mol. The second kappa shape index (κ2) is 6.00. The summed E-state index contributed by atoms with van der Waals surface area (Å²) in [5.41, 5.74) is 9.81. The minimum absolute atomic E-state index is 0.0925. The number of aromatic nitrogens is 2. The highest BCUT2D eigenvalue weighted by atomic mass is 32.1. The number of nitrogens with one attached hydrogen (secondary N) is 1. The zero-order valence-electron chi connectivity index (χ0n) is 13.3. The maximum absolute atomic E-state index is 9.62. The van der Waals surface area contributed by atoms with Gasteiger partial charge >= 0.3 is 0 Å². The summed E-state index contributed by atoms with van der Waals surface area (Å²) >= 11 is 1.57. The fourth-order valence-electron chi connectivity index (χ4n) is 3.02. The van der Waals surface area contributed by atoms with E-state index in [-0.39, 0.29) is 11.8 Å². The first-order valence-corrected chi connectivity index (χ1v) is 8.49. The highest BCUT2D eigenvalue weighted by Gasteiger charge is 2.35. The summed E-state index contributed by atoms with van der Waals surface area (Å²) in [4.78, 5) is 0. The van der Waals surface area contributed by atoms with E-state index in [1.54, 1.807) is 18.4 Å². The minimum atomic E-state index is -0.319. The van der Waals surface area contributed by atoms with E-state index in [1.165, 1.54) is 0 Å². The number of nitriles is 1. The number of fused-ring (bicyclic) bond motifs is 1. The third-order valence-corrected chi connectivity index (χ3v) is 4.88. The van der Waals surface area contributed by atoms with E-state index in [9.17, 15) is 5.26 Å². The van der Waals surface area contributed by atoms with Crippen LogP contribution in [0.15, 0.2) is 52.5 Å². The number of nitrogens with zero attached hydrogens (tertiary/aromatic N) is 2. The van der Waals surface area contributed by atoms with E-state index in [2.05, 4.69) is 16.3 Å².